The molecule has 0 bridgehead atoms. The third-order valence-corrected chi connectivity index (χ3v) is 6.01. The topological polar surface area (TPSA) is 92.7 Å². The largest absolute Gasteiger partial charge is 0.496 e. The summed E-state index contributed by atoms with van der Waals surface area (Å²) in [7, 11) is -2.21. The van der Waals surface area contributed by atoms with E-state index in [1.54, 1.807) is 19.2 Å². The minimum absolute atomic E-state index is 0.0193. The van der Waals surface area contributed by atoms with Gasteiger partial charge in [0.2, 0.25) is 0 Å². The molecular weight excluding hydrogens is 390 g/mol. The second-order valence-corrected chi connectivity index (χ2v) is 8.38. The lowest BCUT2D eigenvalue weighted by Gasteiger charge is -2.15. The average molecular weight is 411 g/mol. The maximum absolute atomic E-state index is 12.0. The third-order valence-electron chi connectivity index (χ3n) is 4.40. The van der Waals surface area contributed by atoms with Crippen LogP contribution in [0.2, 0.25) is 0 Å². The van der Waals surface area contributed by atoms with Gasteiger partial charge in [-0.25, -0.2) is 8.42 Å². The minimum atomic E-state index is -3.84. The van der Waals surface area contributed by atoms with Gasteiger partial charge in [0, 0.05) is 23.4 Å². The number of methoxy groups -OCH3 is 1. The molecule has 0 amide bonds. The highest BCUT2D eigenvalue weighted by atomic mass is 32.2. The molecule has 0 aliphatic heterocycles. The second kappa shape index (κ2) is 8.79. The number of hydrogen-bond donors (Lipinski definition) is 2. The number of anilines is 1. The number of sulfone groups is 1. The van der Waals surface area contributed by atoms with E-state index in [2.05, 4.69) is 5.32 Å². The minimum Gasteiger partial charge on any atom is -0.496 e. The van der Waals surface area contributed by atoms with Gasteiger partial charge in [-0.05, 0) is 29.8 Å². The number of carbonyl (C=O) groups is 1. The van der Waals surface area contributed by atoms with Crippen molar-refractivity contribution in [2.24, 2.45) is 0 Å². The molecule has 0 aromatic heterocycles. The van der Waals surface area contributed by atoms with Crippen molar-refractivity contribution >= 4 is 21.5 Å². The van der Waals surface area contributed by atoms with Crippen LogP contribution in [0.25, 0.3) is 11.1 Å². The number of benzene rings is 3. The number of ether oxygens (including phenoxy) is 1. The lowest BCUT2D eigenvalue weighted by molar-refractivity contribution is -0.134. The first kappa shape index (κ1) is 20.4. The van der Waals surface area contributed by atoms with E-state index in [1.165, 1.54) is 12.1 Å². The van der Waals surface area contributed by atoms with Crippen LogP contribution in [0.3, 0.4) is 0 Å². The second-order valence-electron chi connectivity index (χ2n) is 6.39. The first-order valence-corrected chi connectivity index (χ1v) is 10.6. The van der Waals surface area contributed by atoms with Crippen LogP contribution < -0.4 is 10.1 Å². The summed E-state index contributed by atoms with van der Waals surface area (Å²) in [6.07, 6.45) is 0. The SMILES string of the molecule is COc1c(CNc2ccc(S(=O)(=O)CC(=O)O)cc2)cccc1-c1ccccc1. The van der Waals surface area contributed by atoms with Crippen LogP contribution in [0, 0.1) is 0 Å². The van der Waals surface area contributed by atoms with E-state index < -0.39 is 21.6 Å². The Balaban J connectivity index is 1.78. The van der Waals surface area contributed by atoms with Crippen LogP contribution in [-0.4, -0.2) is 32.4 Å². The summed E-state index contributed by atoms with van der Waals surface area (Å²) in [5.74, 6) is -1.53. The summed E-state index contributed by atoms with van der Waals surface area (Å²) in [4.78, 5) is 10.7. The Morgan fingerprint density at radius 1 is 0.966 bits per heavy atom. The first-order valence-electron chi connectivity index (χ1n) is 8.90. The zero-order valence-electron chi connectivity index (χ0n) is 15.8. The number of nitrogens with one attached hydrogen (secondary N) is 1. The number of rotatable bonds is 8. The van der Waals surface area contributed by atoms with Crippen LogP contribution >= 0.6 is 0 Å². The van der Waals surface area contributed by atoms with Gasteiger partial charge >= 0.3 is 5.97 Å². The highest BCUT2D eigenvalue weighted by Crippen LogP contribution is 2.33. The number of aliphatic carboxylic acids is 1. The molecule has 7 heteroatoms. The van der Waals surface area contributed by atoms with Crippen LogP contribution in [0.1, 0.15) is 5.56 Å². The number of carboxylic acid groups (broad SMARTS) is 1. The Labute approximate surface area is 169 Å². The summed E-state index contributed by atoms with van der Waals surface area (Å²) >= 11 is 0. The molecule has 150 valence electrons. The normalized spacial score (nSPS) is 11.1. The van der Waals surface area contributed by atoms with Gasteiger partial charge in [-0.1, -0.05) is 48.5 Å². The average Bonchev–Trinajstić information content (AvgIpc) is 2.72. The molecule has 0 atom stereocenters. The monoisotopic (exact) mass is 411 g/mol. The maximum Gasteiger partial charge on any atom is 0.319 e. The Morgan fingerprint density at radius 2 is 1.66 bits per heavy atom. The van der Waals surface area contributed by atoms with Gasteiger partial charge in [-0.3, -0.25) is 4.79 Å². The van der Waals surface area contributed by atoms with E-state index >= 15 is 0 Å². The molecule has 3 aromatic carbocycles. The Kier molecular flexibility index (Phi) is 6.19. The number of hydrogen-bond acceptors (Lipinski definition) is 5. The summed E-state index contributed by atoms with van der Waals surface area (Å²) in [6.45, 7) is 0.477. The molecule has 6 nitrogen and oxygen atoms in total. The van der Waals surface area contributed by atoms with Crippen molar-refractivity contribution in [2.45, 2.75) is 11.4 Å². The molecule has 0 saturated carbocycles. The molecule has 0 unspecified atom stereocenters. The van der Waals surface area contributed by atoms with Gasteiger partial charge in [0.1, 0.15) is 5.75 Å². The molecule has 0 saturated heterocycles. The summed E-state index contributed by atoms with van der Waals surface area (Å²) in [5, 5.41) is 12.0. The van der Waals surface area contributed by atoms with Crippen LogP contribution in [-0.2, 0) is 21.2 Å². The molecule has 0 spiro atoms. The van der Waals surface area contributed by atoms with Gasteiger partial charge in [-0.2, -0.15) is 0 Å². The van der Waals surface area contributed by atoms with Crippen molar-refractivity contribution in [3.05, 3.63) is 78.4 Å². The molecule has 0 heterocycles. The van der Waals surface area contributed by atoms with E-state index in [9.17, 15) is 13.2 Å². The molecule has 0 aliphatic carbocycles. The van der Waals surface area contributed by atoms with Crippen LogP contribution in [0.15, 0.2) is 77.7 Å². The third kappa shape index (κ3) is 4.94. The van der Waals surface area contributed by atoms with E-state index in [0.29, 0.717) is 12.2 Å². The quantitative estimate of drug-likeness (QED) is 0.585. The summed E-state index contributed by atoms with van der Waals surface area (Å²) in [5.41, 5.74) is 3.71. The van der Waals surface area contributed by atoms with Crippen LogP contribution in [0.5, 0.6) is 5.75 Å². The highest BCUT2D eigenvalue weighted by Gasteiger charge is 2.18. The Hall–Kier alpha value is -3.32. The molecule has 0 radical (unpaired) electrons. The smallest absolute Gasteiger partial charge is 0.319 e. The fourth-order valence-electron chi connectivity index (χ4n) is 3.03. The predicted octanol–water partition coefficient (Wildman–Crippen LogP) is 3.83. The van der Waals surface area contributed by atoms with Crippen molar-refractivity contribution in [3.63, 3.8) is 0 Å². The van der Waals surface area contributed by atoms with Gasteiger partial charge < -0.3 is 15.2 Å². The summed E-state index contributed by atoms with van der Waals surface area (Å²) in [6, 6.07) is 21.9. The number of carboxylic acids is 1. The van der Waals surface area contributed by atoms with Gasteiger partial charge in [0.15, 0.2) is 15.6 Å². The molecule has 0 aliphatic rings. The van der Waals surface area contributed by atoms with Crippen molar-refractivity contribution in [2.75, 3.05) is 18.2 Å². The molecule has 29 heavy (non-hydrogen) atoms. The fraction of sp³-hybridized carbons (Fsp3) is 0.136. The maximum atomic E-state index is 12.0. The number of para-hydroxylation sites is 1. The molecular formula is C22H21NO5S. The molecule has 3 aromatic rings. The standard InChI is InChI=1S/C22H21NO5S/c1-28-22-17(8-5-9-20(22)16-6-3-2-4-7-16)14-23-18-10-12-19(13-11-18)29(26,27)15-21(24)25/h2-13,23H,14-15H2,1H3,(H,24,25). The van der Waals surface area contributed by atoms with Gasteiger partial charge in [0.05, 0.1) is 12.0 Å². The van der Waals surface area contributed by atoms with Gasteiger partial charge in [0.25, 0.3) is 0 Å². The van der Waals surface area contributed by atoms with E-state index in [4.69, 9.17) is 9.84 Å². The highest BCUT2D eigenvalue weighted by molar-refractivity contribution is 7.92. The Morgan fingerprint density at radius 3 is 2.28 bits per heavy atom. The predicted molar refractivity (Wildman–Crippen MR) is 112 cm³/mol. The van der Waals surface area contributed by atoms with Crippen molar-refractivity contribution in [1.29, 1.82) is 0 Å². The van der Waals surface area contributed by atoms with E-state index in [-0.39, 0.29) is 4.90 Å². The lowest BCUT2D eigenvalue weighted by Crippen LogP contribution is -2.15. The van der Waals surface area contributed by atoms with E-state index in [1.807, 2.05) is 48.5 Å². The van der Waals surface area contributed by atoms with E-state index in [0.717, 1.165) is 22.4 Å². The summed E-state index contributed by atoms with van der Waals surface area (Å²) < 4.78 is 29.6. The lowest BCUT2D eigenvalue weighted by atomic mass is 10.0. The first-order chi connectivity index (χ1) is 13.9. The molecule has 0 fully saturated rings. The van der Waals surface area contributed by atoms with Crippen molar-refractivity contribution in [1.82, 2.24) is 0 Å². The van der Waals surface area contributed by atoms with Crippen LogP contribution in [0.4, 0.5) is 5.69 Å². The fourth-order valence-corrected chi connectivity index (χ4v) is 4.08. The zero-order chi connectivity index (χ0) is 20.9. The molecule has 2 N–H and O–H groups in total. The van der Waals surface area contributed by atoms with Crippen molar-refractivity contribution in [3.8, 4) is 16.9 Å². The van der Waals surface area contributed by atoms with Crippen molar-refractivity contribution < 1.29 is 23.1 Å². The molecule has 3 rings (SSSR count). The zero-order valence-corrected chi connectivity index (χ0v) is 16.6. The Bertz CT molecular complexity index is 1090. The van der Waals surface area contributed by atoms with Gasteiger partial charge in [-0.15, -0.1) is 0 Å².